The smallest absolute Gasteiger partial charge is 0.333 e. The van der Waals surface area contributed by atoms with Crippen LogP contribution in [0.25, 0.3) is 0 Å². The highest BCUT2D eigenvalue weighted by Crippen LogP contribution is 2.69. The molecule has 8 atom stereocenters. The summed E-state index contributed by atoms with van der Waals surface area (Å²) in [4.78, 5) is 34.7. The third kappa shape index (κ3) is 4.81. The minimum absolute atomic E-state index is 0.0286. The molecule has 228 valence electrons. The van der Waals surface area contributed by atoms with Crippen molar-refractivity contribution in [2.75, 3.05) is 19.7 Å². The van der Waals surface area contributed by atoms with Gasteiger partial charge in [-0.1, -0.05) is 26.3 Å². The van der Waals surface area contributed by atoms with Crippen LogP contribution in [-0.4, -0.2) is 58.3 Å². The maximum atomic E-state index is 13.5. The van der Waals surface area contributed by atoms with Gasteiger partial charge in [-0.05, 0) is 103 Å². The number of nitrogens with two attached hydrogens (primary N) is 1. The second-order valence-electron chi connectivity index (χ2n) is 12.7. The molecule has 0 bridgehead atoms. The summed E-state index contributed by atoms with van der Waals surface area (Å²) in [5, 5.41) is 11.5. The molecular weight excluding hydrogens is 564 g/mol. The van der Waals surface area contributed by atoms with Gasteiger partial charge in [0.1, 0.15) is 12.6 Å². The van der Waals surface area contributed by atoms with Crippen molar-refractivity contribution in [1.29, 1.82) is 0 Å². The van der Waals surface area contributed by atoms with Crippen molar-refractivity contribution in [1.82, 2.24) is 4.98 Å². The van der Waals surface area contributed by atoms with Gasteiger partial charge in [-0.15, -0.1) is 0 Å². The maximum absolute atomic E-state index is 13.5. The summed E-state index contributed by atoms with van der Waals surface area (Å²) in [6.45, 7) is 5.94. The molecule has 3 N–H and O–H groups in total. The topological polar surface area (TPSA) is 124 Å². The van der Waals surface area contributed by atoms with Crippen molar-refractivity contribution >= 4 is 34.2 Å². The van der Waals surface area contributed by atoms with Crippen LogP contribution >= 0.6 is 11.8 Å². The molecule has 0 saturated heterocycles. The van der Waals surface area contributed by atoms with Crippen LogP contribution in [0.2, 0.25) is 0 Å². The van der Waals surface area contributed by atoms with Crippen LogP contribution in [0.15, 0.2) is 46.7 Å². The van der Waals surface area contributed by atoms with Gasteiger partial charge in [0, 0.05) is 12.5 Å². The molecule has 8 nitrogen and oxygen atoms in total. The summed E-state index contributed by atoms with van der Waals surface area (Å²) in [6, 6.07) is 1.91. The van der Waals surface area contributed by atoms with Gasteiger partial charge in [-0.2, -0.15) is 4.39 Å². The first-order valence-electron chi connectivity index (χ1n) is 14.4. The lowest BCUT2D eigenvalue weighted by Crippen LogP contribution is -2.63. The highest BCUT2D eigenvalue weighted by atomic mass is 32.2. The number of carbonyl (C=O) groups is 2. The maximum Gasteiger partial charge on any atom is 0.333 e. The number of thioether (sulfide) groups is 1. The number of carbonyl (C=O) groups excluding carboxylic acids is 2. The summed E-state index contributed by atoms with van der Waals surface area (Å²) >= 11 is 0.521. The second kappa shape index (κ2) is 11.5. The van der Waals surface area contributed by atoms with Crippen LogP contribution in [-0.2, 0) is 19.1 Å². The Kier molecular flexibility index (Phi) is 8.41. The number of fused-ring (bicyclic) bond motifs is 5. The third-order valence-corrected chi connectivity index (χ3v) is 11.2. The Morgan fingerprint density at radius 2 is 2.10 bits per heavy atom. The largest absolute Gasteiger partial charge is 0.448 e. The fraction of sp³-hybridized carbons (Fsp3) is 0.613. The van der Waals surface area contributed by atoms with E-state index in [1.165, 1.54) is 24.9 Å². The molecule has 0 amide bonds. The summed E-state index contributed by atoms with van der Waals surface area (Å²) in [5.74, 6) is -1.27. The Bertz CT molecular complexity index is 1340. The van der Waals surface area contributed by atoms with E-state index in [1.807, 2.05) is 6.92 Å². The number of esters is 1. The number of ether oxygens (including phenoxy) is 2. The lowest BCUT2D eigenvalue weighted by atomic mass is 9.44. The number of alkyl halides is 1. The van der Waals surface area contributed by atoms with E-state index in [2.05, 4.69) is 24.9 Å². The average Bonchev–Trinajstić information content (AvgIpc) is 3.22. The highest BCUT2D eigenvalue weighted by molar-refractivity contribution is 8.13. The van der Waals surface area contributed by atoms with E-state index in [1.54, 1.807) is 12.3 Å². The number of halogens is 2. The summed E-state index contributed by atoms with van der Waals surface area (Å²) < 4.78 is 37.7. The predicted octanol–water partition coefficient (Wildman–Crippen LogP) is 5.04. The third-order valence-electron chi connectivity index (χ3n) is 10.5. The normalized spacial score (nSPS) is 39.3. The average molecular weight is 604 g/mol. The summed E-state index contributed by atoms with van der Waals surface area (Å²) in [5.41, 5.74) is 6.46. The molecule has 42 heavy (non-hydrogen) atoms. The van der Waals surface area contributed by atoms with E-state index in [-0.39, 0.29) is 43.1 Å². The van der Waals surface area contributed by atoms with E-state index >= 15 is 0 Å². The molecule has 3 unspecified atom stereocenters. The fourth-order valence-electron chi connectivity index (χ4n) is 8.99. The molecule has 3 saturated carbocycles. The fourth-order valence-corrected chi connectivity index (χ4v) is 9.70. The van der Waals surface area contributed by atoms with Crippen molar-refractivity contribution in [2.24, 2.45) is 45.2 Å². The molecule has 0 spiro atoms. The van der Waals surface area contributed by atoms with E-state index in [9.17, 15) is 23.5 Å². The molecular formula is C31H39F2N3O5S. The number of aliphatic hydroxyl groups is 1. The van der Waals surface area contributed by atoms with Gasteiger partial charge in [0.2, 0.25) is 11.1 Å². The molecule has 5 rings (SSSR count). The molecule has 1 aromatic rings. The van der Waals surface area contributed by atoms with Crippen molar-refractivity contribution in [3.8, 4) is 0 Å². The molecule has 0 radical (unpaired) electrons. The van der Waals surface area contributed by atoms with E-state index < -0.39 is 45.6 Å². The molecule has 4 aliphatic carbocycles. The first-order chi connectivity index (χ1) is 19.9. The number of pyridine rings is 1. The minimum Gasteiger partial charge on any atom is -0.448 e. The zero-order valence-electron chi connectivity index (χ0n) is 24.4. The van der Waals surface area contributed by atoms with E-state index in [0.29, 0.717) is 36.0 Å². The minimum atomic E-state index is -1.55. The first-order valence-corrected chi connectivity index (χ1v) is 15.4. The zero-order valence-corrected chi connectivity index (χ0v) is 25.3. The van der Waals surface area contributed by atoms with Crippen LogP contribution in [0, 0.1) is 40.4 Å². The van der Waals surface area contributed by atoms with E-state index in [4.69, 9.17) is 20.2 Å². The van der Waals surface area contributed by atoms with Gasteiger partial charge >= 0.3 is 5.97 Å². The lowest BCUT2D eigenvalue weighted by molar-refractivity contribution is -0.199. The van der Waals surface area contributed by atoms with Gasteiger partial charge in [0.05, 0.1) is 23.7 Å². The van der Waals surface area contributed by atoms with Gasteiger partial charge in [-0.25, -0.2) is 19.2 Å². The molecule has 3 fully saturated rings. The quantitative estimate of drug-likeness (QED) is 0.342. The Morgan fingerprint density at radius 1 is 1.33 bits per heavy atom. The number of aromatic nitrogens is 1. The second-order valence-corrected chi connectivity index (χ2v) is 13.5. The van der Waals surface area contributed by atoms with E-state index in [0.717, 1.165) is 12.0 Å². The number of allylic oxidation sites excluding steroid dienone is 3. The van der Waals surface area contributed by atoms with Gasteiger partial charge in [-0.3, -0.25) is 4.79 Å². The zero-order chi connectivity index (χ0) is 30.4. The molecule has 11 heteroatoms. The predicted molar refractivity (Wildman–Crippen MR) is 156 cm³/mol. The summed E-state index contributed by atoms with van der Waals surface area (Å²) in [6.07, 6.45) is 6.62. The van der Waals surface area contributed by atoms with Crippen LogP contribution in [0.4, 0.5) is 14.5 Å². The monoisotopic (exact) mass is 603 g/mol. The first kappa shape index (κ1) is 30.8. The van der Waals surface area contributed by atoms with Gasteiger partial charge in [0.25, 0.3) is 0 Å². The Morgan fingerprint density at radius 3 is 2.74 bits per heavy atom. The highest BCUT2D eigenvalue weighted by Gasteiger charge is 2.71. The number of aliphatic imine (C=N–C) groups is 1. The number of hydrogen-bond acceptors (Lipinski definition) is 9. The SMILES string of the molecule is COCC(=O)O[C@]1(C(=O)SCF)CCC2[C@@H]3C[C@H](C)C4=CC(=Nc5ccc(F)nc5)C(=CN)C[C@]4(C)C3C(O)C[C@@]21C. The summed E-state index contributed by atoms with van der Waals surface area (Å²) in [7, 11) is 1.37. The Hall–Kier alpha value is -2.63. The number of aliphatic hydroxyl groups excluding tert-OH is 1. The van der Waals surface area contributed by atoms with Gasteiger partial charge < -0.3 is 20.3 Å². The van der Waals surface area contributed by atoms with Crippen LogP contribution in [0.3, 0.4) is 0 Å². The molecule has 4 aliphatic rings. The van der Waals surface area contributed by atoms with Gasteiger partial charge in [0.15, 0.2) is 5.60 Å². The number of nitrogens with zero attached hydrogens (tertiary/aromatic N) is 2. The number of methoxy groups -OCH3 is 1. The number of rotatable bonds is 6. The van der Waals surface area contributed by atoms with Crippen LogP contribution < -0.4 is 5.73 Å². The van der Waals surface area contributed by atoms with Crippen molar-refractivity contribution in [3.05, 3.63) is 47.7 Å². The molecule has 1 aromatic heterocycles. The van der Waals surface area contributed by atoms with Crippen LogP contribution in [0.1, 0.15) is 52.9 Å². The van der Waals surface area contributed by atoms with Crippen molar-refractivity contribution < 1.29 is 33.0 Å². The van der Waals surface area contributed by atoms with Crippen molar-refractivity contribution in [2.45, 2.75) is 64.6 Å². The van der Waals surface area contributed by atoms with Crippen LogP contribution in [0.5, 0.6) is 0 Å². The Balaban J connectivity index is 1.54. The molecule has 0 aromatic carbocycles. The lowest BCUT2D eigenvalue weighted by Gasteiger charge is -2.62. The Labute approximate surface area is 249 Å². The standard InChI is InChI=1S/C31H39F2N3O5S/c1-17-9-20-21-7-8-31(28(39)42-16-32,41-26(38)15-40-4)30(21,3)12-24(37)27(20)29(2)11-18(13-34)23(10-22(17)29)36-19-5-6-25(33)35-14-19/h5-6,10,13-14,17,20-21,24,27,37H,7-9,11-12,15-16,34H2,1-4H3/t17-,20-,21?,24?,27?,29-,30-,31-/m0/s1. The molecule has 0 aliphatic heterocycles. The number of hydrogen-bond donors (Lipinski definition) is 2. The molecule has 1 heterocycles. The van der Waals surface area contributed by atoms with Crippen molar-refractivity contribution in [3.63, 3.8) is 0 Å².